The first-order valence-corrected chi connectivity index (χ1v) is 11.1. The molecule has 0 aliphatic heterocycles. The van der Waals surface area contributed by atoms with Crippen LogP contribution < -0.4 is 4.74 Å². The maximum absolute atomic E-state index is 14.9. The molecule has 0 aromatic carbocycles. The van der Waals surface area contributed by atoms with E-state index in [1.54, 1.807) is 0 Å². The van der Waals surface area contributed by atoms with Gasteiger partial charge in [-0.3, -0.25) is 0 Å². The molecule has 0 aliphatic rings. The van der Waals surface area contributed by atoms with Crippen molar-refractivity contribution in [2.45, 2.75) is 78.1 Å². The van der Waals surface area contributed by atoms with Gasteiger partial charge in [0.15, 0.2) is 19.8 Å². The molecule has 2 heterocycles. The van der Waals surface area contributed by atoms with Crippen LogP contribution in [0.3, 0.4) is 0 Å². The van der Waals surface area contributed by atoms with Gasteiger partial charge in [-0.05, 0) is 42.7 Å². The molecule has 0 unspecified atom stereocenters. The Kier molecular flexibility index (Phi) is 5.43. The molecule has 0 radical (unpaired) electrons. The zero-order chi connectivity index (χ0) is 18.2. The summed E-state index contributed by atoms with van der Waals surface area (Å²) >= 11 is 0. The van der Waals surface area contributed by atoms with Crippen LogP contribution in [0, 0.1) is 5.82 Å². The number of fused-ring (bicyclic) bond motifs is 1. The van der Waals surface area contributed by atoms with Crippen LogP contribution in [0.5, 0.6) is 5.75 Å². The highest BCUT2D eigenvalue weighted by molar-refractivity contribution is 6.82. The van der Waals surface area contributed by atoms with Crippen LogP contribution >= 0.6 is 0 Å². The lowest BCUT2D eigenvalue weighted by Crippen LogP contribution is -2.51. The average Bonchev–Trinajstić information content (AvgIpc) is 2.86. The third-order valence-corrected chi connectivity index (χ3v) is 11.9. The van der Waals surface area contributed by atoms with Crippen molar-refractivity contribution in [3.63, 3.8) is 0 Å². The van der Waals surface area contributed by atoms with Crippen molar-refractivity contribution in [1.82, 2.24) is 9.22 Å². The van der Waals surface area contributed by atoms with Gasteiger partial charge in [-0.1, -0.05) is 41.5 Å². The van der Waals surface area contributed by atoms with Crippen molar-refractivity contribution < 1.29 is 9.13 Å². The Bertz CT molecular complexity index is 685. The van der Waals surface area contributed by atoms with E-state index in [1.165, 1.54) is 6.20 Å². The van der Waals surface area contributed by atoms with E-state index in [1.807, 2.05) is 26.1 Å². The summed E-state index contributed by atoms with van der Waals surface area (Å²) in [6, 6.07) is 1.86. The lowest BCUT2D eigenvalue weighted by molar-refractivity contribution is 0.231. The molecule has 3 nitrogen and oxygen atoms in total. The summed E-state index contributed by atoms with van der Waals surface area (Å²) in [6.07, 6.45) is 3.51. The smallest absolute Gasteiger partial charge is 0.177 e. The minimum Gasteiger partial charge on any atom is -0.486 e. The van der Waals surface area contributed by atoms with Gasteiger partial charge in [-0.2, -0.15) is 0 Å². The fourth-order valence-electron chi connectivity index (χ4n) is 4.52. The summed E-state index contributed by atoms with van der Waals surface area (Å²) in [7, 11) is -1.94. The summed E-state index contributed by atoms with van der Waals surface area (Å²) in [6.45, 7) is 17.6. The first-order chi connectivity index (χ1) is 11.1. The van der Waals surface area contributed by atoms with Crippen LogP contribution in [0.25, 0.3) is 11.0 Å². The molecule has 0 bridgehead atoms. The number of halogens is 1. The van der Waals surface area contributed by atoms with Crippen molar-refractivity contribution in [1.29, 1.82) is 0 Å². The maximum Gasteiger partial charge on any atom is 0.177 e. The standard InChI is InChI=1S/C19H31FN2OSi/c1-12(2)23-17-11-21-19-16(18(17)20)9-10-22(19)24(13(3)4,14(5)6)15(7)8/h9-15H,1-8H3. The third kappa shape index (κ3) is 2.87. The maximum atomic E-state index is 14.9. The lowest BCUT2D eigenvalue weighted by atomic mass is 10.3. The van der Waals surface area contributed by atoms with Gasteiger partial charge in [0.2, 0.25) is 0 Å². The van der Waals surface area contributed by atoms with Gasteiger partial charge in [-0.25, -0.2) is 9.37 Å². The van der Waals surface area contributed by atoms with Gasteiger partial charge < -0.3 is 8.97 Å². The minimum absolute atomic E-state index is 0.0729. The van der Waals surface area contributed by atoms with Crippen molar-refractivity contribution in [3.05, 3.63) is 24.3 Å². The van der Waals surface area contributed by atoms with Gasteiger partial charge >= 0.3 is 0 Å². The zero-order valence-corrected chi connectivity index (χ0v) is 17.2. The average molecular weight is 351 g/mol. The van der Waals surface area contributed by atoms with E-state index in [-0.39, 0.29) is 17.7 Å². The molecule has 0 aliphatic carbocycles. The number of rotatable bonds is 6. The highest BCUT2D eigenvalue weighted by Crippen LogP contribution is 2.44. The van der Waals surface area contributed by atoms with E-state index >= 15 is 0 Å². The number of pyridine rings is 1. The Morgan fingerprint density at radius 2 is 1.54 bits per heavy atom. The summed E-state index contributed by atoms with van der Waals surface area (Å²) in [4.78, 5) is 4.60. The first kappa shape index (κ1) is 19.0. The lowest BCUT2D eigenvalue weighted by Gasteiger charge is -2.44. The van der Waals surface area contributed by atoms with Crippen LogP contribution in [0.2, 0.25) is 16.6 Å². The molecule has 2 aromatic heterocycles. The van der Waals surface area contributed by atoms with Crippen LogP contribution in [0.15, 0.2) is 18.5 Å². The summed E-state index contributed by atoms with van der Waals surface area (Å²) in [5, 5.41) is 0.562. The quantitative estimate of drug-likeness (QED) is 0.599. The molecule has 0 atom stereocenters. The van der Waals surface area contributed by atoms with Gasteiger partial charge in [-0.15, -0.1) is 0 Å². The summed E-state index contributed by atoms with van der Waals surface area (Å²) < 4.78 is 22.8. The van der Waals surface area contributed by atoms with E-state index in [0.29, 0.717) is 22.0 Å². The number of hydrogen-bond donors (Lipinski definition) is 0. The van der Waals surface area contributed by atoms with E-state index in [9.17, 15) is 4.39 Å². The predicted molar refractivity (Wildman–Crippen MR) is 102 cm³/mol. The second-order valence-corrected chi connectivity index (χ2v) is 13.6. The van der Waals surface area contributed by atoms with Crippen LogP contribution in [-0.4, -0.2) is 23.6 Å². The molecule has 2 aromatic rings. The SMILES string of the molecule is CC(C)Oc1cnc2c(ccn2[Si](C(C)C)(C(C)C)C(C)C)c1F. The number of ether oxygens (including phenoxy) is 1. The molecule has 24 heavy (non-hydrogen) atoms. The van der Waals surface area contributed by atoms with Crippen LogP contribution in [0.4, 0.5) is 4.39 Å². The van der Waals surface area contributed by atoms with E-state index in [0.717, 1.165) is 5.65 Å². The zero-order valence-electron chi connectivity index (χ0n) is 16.2. The molecule has 0 saturated heterocycles. The molecule has 134 valence electrons. The van der Waals surface area contributed by atoms with Crippen LogP contribution in [0.1, 0.15) is 55.4 Å². The predicted octanol–water partition coefficient (Wildman–Crippen LogP) is 5.99. The molecule has 5 heteroatoms. The summed E-state index contributed by atoms with van der Waals surface area (Å²) in [5.74, 6) is -0.0622. The second-order valence-electron chi connectivity index (χ2n) is 7.88. The molecule has 0 fully saturated rings. The number of aromatic nitrogens is 2. The molecular formula is C19H31FN2OSi. The highest BCUT2D eigenvalue weighted by Gasteiger charge is 2.46. The van der Waals surface area contributed by atoms with E-state index in [2.05, 4.69) is 50.8 Å². The minimum atomic E-state index is -1.94. The summed E-state index contributed by atoms with van der Waals surface area (Å²) in [5.41, 5.74) is 2.35. The molecular weight excluding hydrogens is 319 g/mol. The normalized spacial score (nSPS) is 13.0. The fourth-order valence-corrected chi connectivity index (χ4v) is 11.1. The Labute approximate surface area is 146 Å². The van der Waals surface area contributed by atoms with Gasteiger partial charge in [0.05, 0.1) is 17.7 Å². The Hall–Kier alpha value is -1.36. The number of nitrogens with zero attached hydrogens (tertiary/aromatic N) is 2. The Morgan fingerprint density at radius 1 is 1.00 bits per heavy atom. The monoisotopic (exact) mass is 350 g/mol. The Morgan fingerprint density at radius 3 is 2.00 bits per heavy atom. The third-order valence-electron chi connectivity index (χ3n) is 5.17. The van der Waals surface area contributed by atoms with Gasteiger partial charge in [0.1, 0.15) is 5.65 Å². The largest absolute Gasteiger partial charge is 0.486 e. The molecule has 0 amide bonds. The van der Waals surface area contributed by atoms with Crippen molar-refractivity contribution in [2.24, 2.45) is 0 Å². The Balaban J connectivity index is 2.71. The van der Waals surface area contributed by atoms with Gasteiger partial charge in [0, 0.05) is 0 Å². The molecule has 0 spiro atoms. The van der Waals surface area contributed by atoms with Gasteiger partial charge in [0.25, 0.3) is 0 Å². The molecule has 2 rings (SSSR count). The van der Waals surface area contributed by atoms with E-state index in [4.69, 9.17) is 4.74 Å². The number of hydrogen-bond acceptors (Lipinski definition) is 2. The van der Waals surface area contributed by atoms with Crippen molar-refractivity contribution >= 4 is 19.3 Å². The topological polar surface area (TPSA) is 27.1 Å². The molecule has 0 N–H and O–H groups in total. The molecule has 0 saturated carbocycles. The van der Waals surface area contributed by atoms with Crippen molar-refractivity contribution in [2.75, 3.05) is 0 Å². The first-order valence-electron chi connectivity index (χ1n) is 8.96. The van der Waals surface area contributed by atoms with E-state index < -0.39 is 8.24 Å². The second kappa shape index (κ2) is 6.87. The van der Waals surface area contributed by atoms with Crippen LogP contribution in [-0.2, 0) is 0 Å². The fraction of sp³-hybridized carbons (Fsp3) is 0.632. The highest BCUT2D eigenvalue weighted by atomic mass is 28.3. The van der Waals surface area contributed by atoms with Crippen molar-refractivity contribution in [3.8, 4) is 5.75 Å².